The van der Waals surface area contributed by atoms with Crippen LogP contribution >= 0.6 is 11.8 Å². The predicted molar refractivity (Wildman–Crippen MR) is 61.6 cm³/mol. The third kappa shape index (κ3) is 1.41. The summed E-state index contributed by atoms with van der Waals surface area (Å²) in [6.07, 6.45) is 0. The van der Waals surface area contributed by atoms with E-state index in [0.717, 1.165) is 19.1 Å². The largest absolute Gasteiger partial charge is 0.383 e. The molecule has 0 unspecified atom stereocenters. The van der Waals surface area contributed by atoms with E-state index in [4.69, 9.17) is 0 Å². The van der Waals surface area contributed by atoms with E-state index in [1.807, 2.05) is 11.8 Å². The summed E-state index contributed by atoms with van der Waals surface area (Å²) in [5.41, 5.74) is 2.77. The number of nitrogens with one attached hydrogen (secondary N) is 1. The maximum atomic E-state index is 3.54. The van der Waals surface area contributed by atoms with E-state index in [1.165, 1.54) is 22.9 Å². The van der Waals surface area contributed by atoms with Gasteiger partial charge in [-0.2, -0.15) is 0 Å². The highest BCUT2D eigenvalue weighted by Crippen LogP contribution is 2.28. The van der Waals surface area contributed by atoms with Crippen LogP contribution in [0.25, 0.3) is 0 Å². The lowest BCUT2D eigenvalue weighted by atomic mass is 10.2. The lowest BCUT2D eigenvalue weighted by molar-refractivity contribution is 0.272. The van der Waals surface area contributed by atoms with Gasteiger partial charge in [-0.25, -0.2) is 0 Å². The fourth-order valence-corrected chi connectivity index (χ4v) is 3.40. The molecule has 1 saturated heterocycles. The third-order valence-corrected chi connectivity index (χ3v) is 4.14. The Kier molecular flexibility index (Phi) is 2.14. The second-order valence-electron chi connectivity index (χ2n) is 3.94. The van der Waals surface area contributed by atoms with Crippen LogP contribution in [0.2, 0.25) is 0 Å². The normalized spacial score (nSPS) is 26.1. The summed E-state index contributed by atoms with van der Waals surface area (Å²) >= 11 is 2.05. The van der Waals surface area contributed by atoms with Crippen LogP contribution in [0.4, 0.5) is 5.69 Å². The van der Waals surface area contributed by atoms with E-state index in [1.54, 1.807) is 0 Å². The molecule has 0 spiro atoms. The first-order valence-corrected chi connectivity index (χ1v) is 6.22. The molecule has 74 valence electrons. The number of benzene rings is 1. The van der Waals surface area contributed by atoms with Crippen molar-refractivity contribution in [3.63, 3.8) is 0 Å². The molecule has 3 rings (SSSR count). The molecule has 1 N–H and O–H groups in total. The van der Waals surface area contributed by atoms with Crippen molar-refractivity contribution in [3.8, 4) is 0 Å². The van der Waals surface area contributed by atoms with E-state index in [2.05, 4.69) is 34.5 Å². The van der Waals surface area contributed by atoms with E-state index in [0.29, 0.717) is 0 Å². The van der Waals surface area contributed by atoms with Gasteiger partial charge in [0.25, 0.3) is 0 Å². The molecule has 1 fully saturated rings. The predicted octanol–water partition coefficient (Wildman–Crippen LogP) is 1.99. The van der Waals surface area contributed by atoms with Crippen molar-refractivity contribution in [2.24, 2.45) is 0 Å². The maximum Gasteiger partial charge on any atom is 0.0452 e. The van der Waals surface area contributed by atoms with Gasteiger partial charge in [0.15, 0.2) is 0 Å². The molecule has 1 aromatic rings. The van der Waals surface area contributed by atoms with Crippen molar-refractivity contribution in [2.45, 2.75) is 12.6 Å². The molecule has 0 aliphatic carbocycles. The van der Waals surface area contributed by atoms with Gasteiger partial charge in [0.1, 0.15) is 0 Å². The fraction of sp³-hybridized carbons (Fsp3) is 0.455. The van der Waals surface area contributed by atoms with Gasteiger partial charge >= 0.3 is 0 Å². The highest BCUT2D eigenvalue weighted by atomic mass is 32.2. The molecule has 1 atom stereocenters. The van der Waals surface area contributed by atoms with Crippen LogP contribution in [-0.2, 0) is 6.54 Å². The quantitative estimate of drug-likeness (QED) is 0.699. The molecule has 1 aromatic carbocycles. The molecule has 0 bridgehead atoms. The van der Waals surface area contributed by atoms with Crippen LogP contribution < -0.4 is 5.32 Å². The van der Waals surface area contributed by atoms with Crippen molar-refractivity contribution in [3.05, 3.63) is 29.8 Å². The Labute approximate surface area is 88.7 Å². The summed E-state index contributed by atoms with van der Waals surface area (Å²) in [6, 6.07) is 9.38. The second kappa shape index (κ2) is 3.48. The van der Waals surface area contributed by atoms with E-state index in [9.17, 15) is 0 Å². The van der Waals surface area contributed by atoms with Gasteiger partial charge in [-0.3, -0.25) is 4.90 Å². The molecule has 3 heteroatoms. The Morgan fingerprint density at radius 3 is 3.29 bits per heavy atom. The van der Waals surface area contributed by atoms with Gasteiger partial charge in [0, 0.05) is 36.4 Å². The number of fused-ring (bicyclic) bond motifs is 2. The topological polar surface area (TPSA) is 15.3 Å². The van der Waals surface area contributed by atoms with Crippen LogP contribution in [0.3, 0.4) is 0 Å². The third-order valence-electron chi connectivity index (χ3n) is 3.00. The van der Waals surface area contributed by atoms with Crippen LogP contribution in [-0.4, -0.2) is 29.1 Å². The molecule has 2 aliphatic heterocycles. The van der Waals surface area contributed by atoms with Crippen molar-refractivity contribution < 1.29 is 0 Å². The molecule has 2 aliphatic rings. The van der Waals surface area contributed by atoms with Crippen molar-refractivity contribution in [1.82, 2.24) is 4.90 Å². The minimum atomic E-state index is 0.729. The monoisotopic (exact) mass is 206 g/mol. The summed E-state index contributed by atoms with van der Waals surface area (Å²) in [5.74, 6) is 2.47. The van der Waals surface area contributed by atoms with Gasteiger partial charge < -0.3 is 5.32 Å². The summed E-state index contributed by atoms with van der Waals surface area (Å²) in [7, 11) is 0. The molecule has 0 radical (unpaired) electrons. The van der Waals surface area contributed by atoms with Crippen molar-refractivity contribution >= 4 is 17.4 Å². The lowest BCUT2D eigenvalue weighted by Crippen LogP contribution is -2.33. The average molecular weight is 206 g/mol. The summed E-state index contributed by atoms with van der Waals surface area (Å²) in [6.45, 7) is 2.21. The number of para-hydroxylation sites is 1. The van der Waals surface area contributed by atoms with Gasteiger partial charge in [-0.05, 0) is 11.6 Å². The van der Waals surface area contributed by atoms with E-state index in [-0.39, 0.29) is 0 Å². The zero-order chi connectivity index (χ0) is 9.38. The first-order valence-electron chi connectivity index (χ1n) is 5.07. The molecular formula is C11H14N2S. The number of hydrogen-bond acceptors (Lipinski definition) is 3. The van der Waals surface area contributed by atoms with Crippen LogP contribution in [0, 0.1) is 0 Å². The average Bonchev–Trinajstić information content (AvgIpc) is 2.58. The zero-order valence-electron chi connectivity index (χ0n) is 8.07. The van der Waals surface area contributed by atoms with Gasteiger partial charge in [0.2, 0.25) is 0 Å². The van der Waals surface area contributed by atoms with Gasteiger partial charge in [-0.15, -0.1) is 11.8 Å². The molecular weight excluding hydrogens is 192 g/mol. The number of nitrogens with zero attached hydrogens (tertiary/aromatic N) is 1. The molecule has 2 nitrogen and oxygen atoms in total. The summed E-state index contributed by atoms with van der Waals surface area (Å²) in [4.78, 5) is 2.57. The van der Waals surface area contributed by atoms with Crippen LogP contribution in [0.1, 0.15) is 5.56 Å². The van der Waals surface area contributed by atoms with Crippen molar-refractivity contribution in [1.29, 1.82) is 0 Å². The molecule has 14 heavy (non-hydrogen) atoms. The smallest absolute Gasteiger partial charge is 0.0452 e. The number of hydrogen-bond donors (Lipinski definition) is 1. The Hall–Kier alpha value is -0.670. The van der Waals surface area contributed by atoms with Crippen LogP contribution in [0.5, 0.6) is 0 Å². The SMILES string of the molecule is c1ccc2c(c1)CN1CSC[C@H]1CN2. The van der Waals surface area contributed by atoms with Gasteiger partial charge in [-0.1, -0.05) is 18.2 Å². The molecule has 0 saturated carbocycles. The van der Waals surface area contributed by atoms with Gasteiger partial charge in [0.05, 0.1) is 0 Å². The first-order chi connectivity index (χ1) is 6.93. The zero-order valence-corrected chi connectivity index (χ0v) is 8.89. The standard InChI is InChI=1S/C11H14N2S/c1-2-4-11-9(3-1)6-13-8-14-7-10(13)5-12-11/h1-4,10,12H,5-8H2/t10-/m1/s1. The fourth-order valence-electron chi connectivity index (χ4n) is 2.16. The van der Waals surface area contributed by atoms with Crippen LogP contribution in [0.15, 0.2) is 24.3 Å². The Bertz CT molecular complexity index is 340. The molecule has 0 aromatic heterocycles. The highest BCUT2D eigenvalue weighted by Gasteiger charge is 2.27. The Morgan fingerprint density at radius 1 is 1.36 bits per heavy atom. The highest BCUT2D eigenvalue weighted by molar-refractivity contribution is 7.99. The van der Waals surface area contributed by atoms with Crippen molar-refractivity contribution in [2.75, 3.05) is 23.5 Å². The minimum absolute atomic E-state index is 0.729. The Morgan fingerprint density at radius 2 is 2.29 bits per heavy atom. The summed E-state index contributed by atoms with van der Waals surface area (Å²) in [5, 5.41) is 3.54. The summed E-state index contributed by atoms with van der Waals surface area (Å²) < 4.78 is 0. The number of thioether (sulfide) groups is 1. The second-order valence-corrected chi connectivity index (χ2v) is 4.94. The lowest BCUT2D eigenvalue weighted by Gasteiger charge is -2.19. The van der Waals surface area contributed by atoms with E-state index < -0.39 is 0 Å². The Balaban J connectivity index is 1.93. The van der Waals surface area contributed by atoms with E-state index >= 15 is 0 Å². The minimum Gasteiger partial charge on any atom is -0.383 e. The maximum absolute atomic E-state index is 3.54. The first kappa shape index (κ1) is 8.62. The molecule has 2 heterocycles. The number of anilines is 1. The number of rotatable bonds is 0. The molecule has 0 amide bonds.